The number of aryl methyl sites for hydroxylation is 1. The Morgan fingerprint density at radius 2 is 1.59 bits per heavy atom. The summed E-state index contributed by atoms with van der Waals surface area (Å²) in [5.41, 5.74) is 8.38. The maximum absolute atomic E-state index is 15.4. The monoisotopic (exact) mass is 693 g/mol. The average molecular weight is 694 g/mol. The highest BCUT2D eigenvalue weighted by Crippen LogP contribution is 2.27. The lowest BCUT2D eigenvalue weighted by Gasteiger charge is -2.13. The summed E-state index contributed by atoms with van der Waals surface area (Å²) >= 11 is 0. The van der Waals surface area contributed by atoms with Crippen molar-refractivity contribution in [2.45, 2.75) is 25.8 Å². The predicted molar refractivity (Wildman–Crippen MR) is 158 cm³/mol. The van der Waals surface area contributed by atoms with Crippen molar-refractivity contribution >= 4 is 39.4 Å². The summed E-state index contributed by atoms with van der Waals surface area (Å²) in [5, 5.41) is 8.89. The average Bonchev–Trinajstić information content (AvgIpc) is 3.73. The lowest BCUT2D eigenvalue weighted by molar-refractivity contribution is -0.193. The number of nitrogens with two attached hydrogens (primary N) is 1. The largest absolute Gasteiger partial charge is 0.458 e. The Morgan fingerprint density at radius 3 is 2.20 bits per heavy atom. The van der Waals surface area contributed by atoms with E-state index in [1.807, 2.05) is 23.6 Å². The molecule has 256 valence electrons. The molecule has 0 aliphatic heterocycles. The molecule has 0 saturated heterocycles. The van der Waals surface area contributed by atoms with Crippen molar-refractivity contribution in [1.29, 1.82) is 0 Å². The van der Waals surface area contributed by atoms with Gasteiger partial charge in [-0.2, -0.15) is 31.4 Å². The first-order valence-corrected chi connectivity index (χ1v) is 13.7. The van der Waals surface area contributed by atoms with Crippen LogP contribution >= 0.6 is 0 Å². The Bertz CT molecular complexity index is 2260. The summed E-state index contributed by atoms with van der Waals surface area (Å²) in [4.78, 5) is 43.7. The minimum atomic E-state index is -5.77. The van der Waals surface area contributed by atoms with E-state index in [0.717, 1.165) is 5.82 Å². The van der Waals surface area contributed by atoms with Crippen LogP contribution in [-0.2, 0) is 16.1 Å². The second kappa shape index (κ2) is 12.6. The predicted octanol–water partition coefficient (Wildman–Crippen LogP) is 4.24. The van der Waals surface area contributed by atoms with Crippen LogP contribution in [0.2, 0.25) is 0 Å². The highest BCUT2D eigenvalue weighted by molar-refractivity contribution is 6.41. The maximum atomic E-state index is 15.4. The first-order valence-electron chi connectivity index (χ1n) is 13.7. The molecule has 0 unspecified atom stereocenters. The number of anilines is 1. The third kappa shape index (κ3) is 6.75. The van der Waals surface area contributed by atoms with Crippen LogP contribution in [0.1, 0.15) is 11.5 Å². The van der Waals surface area contributed by atoms with Crippen LogP contribution in [0.15, 0.2) is 64.4 Å². The third-order valence-corrected chi connectivity index (χ3v) is 6.84. The molecule has 4 aromatic heterocycles. The van der Waals surface area contributed by atoms with Crippen LogP contribution in [0, 0.1) is 12.7 Å². The molecule has 0 radical (unpaired) electrons. The molecule has 2 aromatic carbocycles. The number of imidazole rings is 1. The molecule has 0 fully saturated rings. The normalized spacial score (nSPS) is 12.1. The van der Waals surface area contributed by atoms with Gasteiger partial charge in [0.15, 0.2) is 16.9 Å². The first-order chi connectivity index (χ1) is 22.9. The van der Waals surface area contributed by atoms with Crippen LogP contribution in [0.5, 0.6) is 0 Å². The fraction of sp³-hybridized carbons (Fsp3) is 0.207. The second-order valence-electron chi connectivity index (χ2n) is 10.6. The van der Waals surface area contributed by atoms with E-state index in [-0.39, 0.29) is 17.0 Å². The van der Waals surface area contributed by atoms with Gasteiger partial charge in [0.05, 0.1) is 29.0 Å². The number of alkyl halides is 6. The maximum Gasteiger partial charge on any atom is 0.458 e. The highest BCUT2D eigenvalue weighted by atomic mass is 19.4. The lowest BCUT2D eigenvalue weighted by atomic mass is 10.2. The molecule has 0 spiro atoms. The number of nitrogen functional groups attached to an aromatic ring is 1. The molecule has 20 heteroatoms. The summed E-state index contributed by atoms with van der Waals surface area (Å²) in [6.45, 7) is 2.35. The molecule has 0 bridgehead atoms. The molecule has 0 atom stereocenters. The van der Waals surface area contributed by atoms with Gasteiger partial charge in [0.1, 0.15) is 23.5 Å². The van der Waals surface area contributed by atoms with E-state index in [2.05, 4.69) is 20.2 Å². The van der Waals surface area contributed by atoms with Gasteiger partial charge in [-0.15, -0.1) is 0 Å². The summed E-state index contributed by atoms with van der Waals surface area (Å²) in [6.07, 6.45) is -6.79. The van der Waals surface area contributed by atoms with Crippen LogP contribution in [0.4, 0.5) is 36.6 Å². The van der Waals surface area contributed by atoms with Crippen LogP contribution in [0.25, 0.3) is 39.1 Å². The summed E-state index contributed by atoms with van der Waals surface area (Å²) in [6, 6.07) is 9.83. The van der Waals surface area contributed by atoms with Gasteiger partial charge in [-0.05, 0) is 51.4 Å². The topological polar surface area (TPSA) is 160 Å². The zero-order valence-corrected chi connectivity index (χ0v) is 25.3. The number of carbonyl (C=O) groups is 2. The summed E-state index contributed by atoms with van der Waals surface area (Å²) in [5.74, 6) is -6.40. The van der Waals surface area contributed by atoms with Gasteiger partial charge in [0.25, 0.3) is 5.56 Å². The van der Waals surface area contributed by atoms with Gasteiger partial charge in [0, 0.05) is 24.1 Å². The number of hydrogen-bond acceptors (Lipinski definition) is 10. The van der Waals surface area contributed by atoms with E-state index in [4.69, 9.17) is 10.3 Å². The summed E-state index contributed by atoms with van der Waals surface area (Å²) < 4.78 is 92.0. The molecule has 6 rings (SSSR count). The van der Waals surface area contributed by atoms with Crippen molar-refractivity contribution in [3.63, 3.8) is 0 Å². The van der Waals surface area contributed by atoms with E-state index in [1.165, 1.54) is 21.6 Å². The number of nitrogens with zero attached hydrogens (tertiary/aromatic N) is 8. The second-order valence-corrected chi connectivity index (χ2v) is 10.6. The molecular weight excluding hydrogens is 671 g/mol. The van der Waals surface area contributed by atoms with E-state index in [1.54, 1.807) is 49.6 Å². The van der Waals surface area contributed by atoms with Crippen molar-refractivity contribution in [2.75, 3.05) is 19.8 Å². The number of halogens is 7. The van der Waals surface area contributed by atoms with Crippen LogP contribution in [-0.4, -0.2) is 77.0 Å². The van der Waals surface area contributed by atoms with E-state index >= 15 is 4.39 Å². The van der Waals surface area contributed by atoms with Crippen molar-refractivity contribution in [3.05, 3.63) is 82.8 Å². The fourth-order valence-electron chi connectivity index (χ4n) is 4.65. The lowest BCUT2D eigenvalue weighted by Crippen LogP contribution is -2.39. The number of carbonyl (C=O) groups excluding carboxylic acids is 2. The Morgan fingerprint density at radius 1 is 0.939 bits per heavy atom. The Hall–Kier alpha value is -5.92. The molecule has 6 aromatic rings. The number of Topliss-reactive ketones (excluding diaryl/α,β-unsaturated/α-hetero) is 2. The van der Waals surface area contributed by atoms with Gasteiger partial charge >= 0.3 is 23.9 Å². The number of ketones is 2. The molecule has 49 heavy (non-hydrogen) atoms. The SMILES string of the molecule is Cc1nn(-c2ccc3onc(N)c3c2)c2c(=O)n(-c3ccc(-n4ccnc4CN(C)C)cc3F)cnc12.O=C(C(=O)C(F)(F)F)C(F)(F)F. The van der Waals surface area contributed by atoms with Crippen molar-refractivity contribution < 1.29 is 44.8 Å². The third-order valence-electron chi connectivity index (χ3n) is 6.84. The Balaban J connectivity index is 0.000000335. The molecule has 4 heterocycles. The molecule has 0 aliphatic rings. The number of fused-ring (bicyclic) bond motifs is 2. The zero-order chi connectivity index (χ0) is 36.0. The molecule has 0 saturated carbocycles. The van der Waals surface area contributed by atoms with Gasteiger partial charge in [-0.1, -0.05) is 5.16 Å². The molecule has 0 aliphatic carbocycles. The Labute approximate surface area is 268 Å². The van der Waals surface area contributed by atoms with Gasteiger partial charge in [-0.3, -0.25) is 19.0 Å². The van der Waals surface area contributed by atoms with Crippen LogP contribution in [0.3, 0.4) is 0 Å². The molecule has 0 amide bonds. The van der Waals surface area contributed by atoms with Gasteiger partial charge in [0.2, 0.25) is 0 Å². The summed E-state index contributed by atoms with van der Waals surface area (Å²) in [7, 11) is 3.87. The first kappa shape index (κ1) is 34.4. The minimum absolute atomic E-state index is 0.0709. The smallest absolute Gasteiger partial charge is 0.380 e. The van der Waals surface area contributed by atoms with E-state index < -0.39 is 35.3 Å². The number of hydrogen-bond donors (Lipinski definition) is 1. The molecule has 2 N–H and O–H groups in total. The van der Waals surface area contributed by atoms with E-state index in [0.29, 0.717) is 40.1 Å². The number of rotatable bonds is 6. The molecule has 13 nitrogen and oxygen atoms in total. The quantitative estimate of drug-likeness (QED) is 0.198. The van der Waals surface area contributed by atoms with Crippen molar-refractivity contribution in [1.82, 2.24) is 38.9 Å². The fourth-order valence-corrected chi connectivity index (χ4v) is 4.65. The van der Waals surface area contributed by atoms with Crippen LogP contribution < -0.4 is 11.3 Å². The molecular formula is C29H22F7N9O4. The van der Waals surface area contributed by atoms with Crippen molar-refractivity contribution in [3.8, 4) is 17.1 Å². The number of aromatic nitrogens is 7. The Kier molecular flexibility index (Phi) is 8.85. The van der Waals surface area contributed by atoms with Crippen molar-refractivity contribution in [2.24, 2.45) is 0 Å². The highest BCUT2D eigenvalue weighted by Gasteiger charge is 2.54. The number of benzene rings is 2. The van der Waals surface area contributed by atoms with Gasteiger partial charge < -0.3 is 19.7 Å². The minimum Gasteiger partial charge on any atom is -0.380 e. The van der Waals surface area contributed by atoms with E-state index in [9.17, 15) is 40.7 Å². The zero-order valence-electron chi connectivity index (χ0n) is 25.3. The van der Waals surface area contributed by atoms with Gasteiger partial charge in [-0.25, -0.2) is 19.0 Å². The standard InChI is InChI=1S/C25H22FN9O2.C4F6O2/c1-14-22-23(35(30-14)16-5-7-20-17(10-16)24(27)31-37-20)25(36)34(13-29-22)19-6-4-15(11-18(19)26)33-9-8-28-21(33)12-32(2)3;5-3(6,7)1(11)2(12)4(8,9)10/h4-11,13H,12H2,1-3H3,(H2,27,31);.